The van der Waals surface area contributed by atoms with Gasteiger partial charge in [-0.2, -0.15) is 0 Å². The molecular weight excluding hydrogens is 485 g/mol. The number of benzene rings is 2. The van der Waals surface area contributed by atoms with Gasteiger partial charge in [-0.25, -0.2) is 10.00 Å². The van der Waals surface area contributed by atoms with Gasteiger partial charge in [-0.1, -0.05) is 42.3 Å². The van der Waals surface area contributed by atoms with Crippen molar-refractivity contribution in [3.63, 3.8) is 0 Å². The number of carbonyl (C=O) groups is 3. The van der Waals surface area contributed by atoms with Gasteiger partial charge in [0.25, 0.3) is 17.4 Å². The normalized spacial score (nSPS) is 12.6. The fraction of sp³-hybridized carbons (Fsp3) is 0.174. The van der Waals surface area contributed by atoms with E-state index >= 15 is 0 Å². The first-order valence-corrected chi connectivity index (χ1v) is 10.9. The van der Waals surface area contributed by atoms with E-state index in [9.17, 15) is 19.2 Å². The van der Waals surface area contributed by atoms with Gasteiger partial charge in [0.05, 0.1) is 39.9 Å². The van der Waals surface area contributed by atoms with Crippen molar-refractivity contribution in [2.45, 2.75) is 19.8 Å². The summed E-state index contributed by atoms with van der Waals surface area (Å²) in [6, 6.07) is 10.5. The van der Waals surface area contributed by atoms with E-state index in [1.165, 1.54) is 18.2 Å². The number of amides is 2. The Balaban J connectivity index is 1.59. The molecule has 0 saturated heterocycles. The van der Waals surface area contributed by atoms with Crippen LogP contribution in [0.3, 0.4) is 0 Å². The second-order valence-corrected chi connectivity index (χ2v) is 8.10. The summed E-state index contributed by atoms with van der Waals surface area (Å²) in [7, 11) is 0. The van der Waals surface area contributed by atoms with Crippen molar-refractivity contribution in [1.82, 2.24) is 10.2 Å². The van der Waals surface area contributed by atoms with Gasteiger partial charge in [0.15, 0.2) is 5.75 Å². The highest BCUT2D eigenvalue weighted by Crippen LogP contribution is 2.41. The Bertz CT molecular complexity index is 1310. The fourth-order valence-corrected chi connectivity index (χ4v) is 3.88. The first kappa shape index (κ1) is 23.5. The third-order valence-corrected chi connectivity index (χ3v) is 5.46. The summed E-state index contributed by atoms with van der Waals surface area (Å²) in [5.41, 5.74) is 0.243. The number of fused-ring (bicyclic) bond motifs is 1. The zero-order valence-corrected chi connectivity index (χ0v) is 19.3. The predicted molar refractivity (Wildman–Crippen MR) is 124 cm³/mol. The summed E-state index contributed by atoms with van der Waals surface area (Å²) in [5.74, 6) is -1.64. The van der Waals surface area contributed by atoms with Gasteiger partial charge in [-0.3, -0.25) is 19.2 Å². The third-order valence-electron chi connectivity index (χ3n) is 4.90. The summed E-state index contributed by atoms with van der Waals surface area (Å²) >= 11 is 12.7. The number of anilines is 1. The second kappa shape index (κ2) is 9.66. The molecule has 1 aromatic heterocycles. The van der Waals surface area contributed by atoms with Crippen LogP contribution in [0, 0.1) is 0 Å². The van der Waals surface area contributed by atoms with Crippen LogP contribution in [0.5, 0.6) is 11.6 Å². The van der Waals surface area contributed by atoms with Gasteiger partial charge < -0.3 is 9.47 Å². The Kier molecular flexibility index (Phi) is 6.67. The molecule has 0 aliphatic carbocycles. The Hall–Kier alpha value is -3.69. The highest BCUT2D eigenvalue weighted by Gasteiger charge is 2.37. The van der Waals surface area contributed by atoms with E-state index in [0.717, 1.165) is 4.90 Å². The average molecular weight is 502 g/mol. The van der Waals surface area contributed by atoms with Gasteiger partial charge in [0.1, 0.15) is 0 Å². The predicted octanol–water partition coefficient (Wildman–Crippen LogP) is 4.17. The molecule has 0 saturated carbocycles. The number of ether oxygens (including phenoxy) is 2. The van der Waals surface area contributed by atoms with Crippen LogP contribution in [-0.4, -0.2) is 34.6 Å². The molecule has 174 valence electrons. The summed E-state index contributed by atoms with van der Waals surface area (Å²) < 4.78 is 10.6. The van der Waals surface area contributed by atoms with Gasteiger partial charge in [-0.15, -0.1) is 5.10 Å². The highest BCUT2D eigenvalue weighted by molar-refractivity contribution is 6.39. The molecule has 11 heteroatoms. The van der Waals surface area contributed by atoms with Gasteiger partial charge in [0.2, 0.25) is 5.88 Å². The smallest absolute Gasteiger partial charge is 0.310 e. The molecule has 0 radical (unpaired) electrons. The molecule has 9 nitrogen and oxygen atoms in total. The monoisotopic (exact) mass is 501 g/mol. The number of halogens is 2. The first-order chi connectivity index (χ1) is 16.3. The molecule has 0 fully saturated rings. The van der Waals surface area contributed by atoms with Gasteiger partial charge >= 0.3 is 5.97 Å². The zero-order valence-electron chi connectivity index (χ0n) is 17.8. The van der Waals surface area contributed by atoms with Crippen molar-refractivity contribution < 1.29 is 23.9 Å². The molecule has 4 rings (SSSR count). The van der Waals surface area contributed by atoms with Crippen molar-refractivity contribution in [3.05, 3.63) is 79.6 Å². The number of carbonyl (C=O) groups excluding carboxylic acids is 3. The van der Waals surface area contributed by atoms with E-state index in [4.69, 9.17) is 32.7 Å². The molecule has 34 heavy (non-hydrogen) atoms. The van der Waals surface area contributed by atoms with Gasteiger partial charge in [0, 0.05) is 11.6 Å². The minimum Gasteiger partial charge on any atom is -0.465 e. The largest absolute Gasteiger partial charge is 0.465 e. The Morgan fingerprint density at radius 2 is 1.65 bits per heavy atom. The van der Waals surface area contributed by atoms with E-state index in [-0.39, 0.29) is 57.1 Å². The van der Waals surface area contributed by atoms with Crippen molar-refractivity contribution in [2.75, 3.05) is 11.5 Å². The van der Waals surface area contributed by atoms with E-state index in [1.54, 1.807) is 24.3 Å². The van der Waals surface area contributed by atoms with Gasteiger partial charge in [-0.05, 0) is 30.7 Å². The van der Waals surface area contributed by atoms with Crippen LogP contribution >= 0.6 is 23.2 Å². The number of hydrogen-bond donors (Lipinski definition) is 1. The molecule has 2 heterocycles. The van der Waals surface area contributed by atoms with Crippen molar-refractivity contribution in [1.29, 1.82) is 0 Å². The quantitative estimate of drug-likeness (QED) is 0.381. The number of esters is 1. The molecule has 2 amide bonds. The molecule has 2 aromatic carbocycles. The minimum absolute atomic E-state index is 0.00374. The molecule has 0 atom stereocenters. The first-order valence-electron chi connectivity index (χ1n) is 10.2. The Labute approximate surface area is 203 Å². The zero-order chi connectivity index (χ0) is 24.4. The van der Waals surface area contributed by atoms with Crippen molar-refractivity contribution in [3.8, 4) is 11.6 Å². The highest BCUT2D eigenvalue weighted by atomic mass is 35.5. The van der Waals surface area contributed by atoms with Crippen molar-refractivity contribution >= 4 is 46.7 Å². The number of imide groups is 1. The number of aromatic amines is 1. The molecular formula is C23H17Cl2N3O6. The summed E-state index contributed by atoms with van der Waals surface area (Å²) in [6.07, 6.45) is 0.384. The SMILES string of the molecule is CCCOC(=O)Cc1cc(Oc2c(Cl)cc(N3C(=O)c4ccccc4C3=O)cc2Cl)n[nH]c1=O. The molecule has 0 bridgehead atoms. The third kappa shape index (κ3) is 4.52. The lowest BCUT2D eigenvalue weighted by Crippen LogP contribution is -2.29. The number of nitrogens with one attached hydrogen (secondary N) is 1. The Morgan fingerprint density at radius 1 is 1.03 bits per heavy atom. The molecule has 1 aliphatic rings. The molecule has 1 N–H and O–H groups in total. The van der Waals surface area contributed by atoms with E-state index < -0.39 is 23.3 Å². The average Bonchev–Trinajstić information content (AvgIpc) is 3.07. The molecule has 1 aliphatic heterocycles. The number of nitrogens with zero attached hydrogens (tertiary/aromatic N) is 2. The van der Waals surface area contributed by atoms with Crippen LogP contribution in [0.1, 0.15) is 39.6 Å². The number of hydrogen-bond acceptors (Lipinski definition) is 7. The Morgan fingerprint density at radius 3 is 2.24 bits per heavy atom. The standard InChI is InChI=1S/C23H17Cl2N3O6/c1-2-7-33-19(29)9-12-8-18(26-27-21(12)30)34-20-16(24)10-13(11-17(20)25)28-22(31)14-5-3-4-6-15(14)23(28)32/h3-6,8,10-11H,2,7,9H2,1H3,(H,27,30). The van der Waals surface area contributed by atoms with Crippen LogP contribution in [-0.2, 0) is 16.0 Å². The maximum Gasteiger partial charge on any atom is 0.310 e. The second-order valence-electron chi connectivity index (χ2n) is 7.29. The minimum atomic E-state index is -0.570. The van der Waals surface area contributed by atoms with Crippen LogP contribution in [0.2, 0.25) is 10.0 Å². The molecule has 0 spiro atoms. The fourth-order valence-electron chi connectivity index (χ4n) is 3.33. The number of H-pyrrole nitrogens is 1. The summed E-state index contributed by atoms with van der Waals surface area (Å²) in [5, 5.41) is 6.03. The topological polar surface area (TPSA) is 119 Å². The van der Waals surface area contributed by atoms with Crippen LogP contribution < -0.4 is 15.2 Å². The molecule has 3 aromatic rings. The lowest BCUT2D eigenvalue weighted by Gasteiger charge is -2.17. The summed E-state index contributed by atoms with van der Waals surface area (Å²) in [6.45, 7) is 2.10. The lowest BCUT2D eigenvalue weighted by molar-refractivity contribution is -0.142. The van der Waals surface area contributed by atoms with Crippen LogP contribution in [0.15, 0.2) is 47.3 Å². The van der Waals surface area contributed by atoms with Crippen molar-refractivity contribution in [2.24, 2.45) is 0 Å². The lowest BCUT2D eigenvalue weighted by atomic mass is 10.1. The van der Waals surface area contributed by atoms with Crippen LogP contribution in [0.4, 0.5) is 5.69 Å². The van der Waals surface area contributed by atoms with E-state index in [0.29, 0.717) is 6.42 Å². The number of aromatic nitrogens is 2. The van der Waals surface area contributed by atoms with E-state index in [1.807, 2.05) is 6.92 Å². The van der Waals surface area contributed by atoms with E-state index in [2.05, 4.69) is 10.2 Å². The summed E-state index contributed by atoms with van der Waals surface area (Å²) in [4.78, 5) is 50.3. The van der Waals surface area contributed by atoms with Crippen LogP contribution in [0.25, 0.3) is 0 Å². The maximum atomic E-state index is 12.7. The molecule has 0 unspecified atom stereocenters. The maximum absolute atomic E-state index is 12.7. The number of rotatable bonds is 7.